The third-order valence-corrected chi connectivity index (χ3v) is 4.13. The molecule has 2 atom stereocenters. The number of nitro groups is 1. The van der Waals surface area contributed by atoms with E-state index in [0.717, 1.165) is 18.4 Å². The molecule has 20 heavy (non-hydrogen) atoms. The molecule has 0 spiro atoms. The lowest BCUT2D eigenvalue weighted by molar-refractivity contribution is -0.387. The third kappa shape index (κ3) is 3.13. The third-order valence-electron chi connectivity index (χ3n) is 4.13. The molecule has 2 unspecified atom stereocenters. The summed E-state index contributed by atoms with van der Waals surface area (Å²) in [6, 6.07) is 4.51. The molecular weight excluding hydrogens is 261 g/mol. The highest BCUT2D eigenvalue weighted by Gasteiger charge is 2.29. The zero-order chi connectivity index (χ0) is 14.7. The number of nitro benzene ring substituents is 1. The summed E-state index contributed by atoms with van der Waals surface area (Å²) in [7, 11) is 2.00. The number of hydrogen-bond acceptors (Lipinski definition) is 4. The maximum Gasteiger partial charge on any atom is 0.304 e. The molecule has 1 aromatic carbocycles. The highest BCUT2D eigenvalue weighted by atomic mass is 19.1. The zero-order valence-electron chi connectivity index (χ0n) is 11.6. The molecule has 1 aromatic rings. The molecule has 1 fully saturated rings. The minimum Gasteiger partial charge on any atom is -0.330 e. The first-order valence-corrected chi connectivity index (χ1v) is 6.86. The van der Waals surface area contributed by atoms with Crippen molar-refractivity contribution >= 4 is 5.69 Å². The van der Waals surface area contributed by atoms with Crippen molar-refractivity contribution in [1.29, 1.82) is 0 Å². The minimum atomic E-state index is -0.775. The van der Waals surface area contributed by atoms with Gasteiger partial charge in [0.15, 0.2) is 0 Å². The molecule has 110 valence electrons. The summed E-state index contributed by atoms with van der Waals surface area (Å²) in [5.74, 6) is -0.286. The molecule has 0 heterocycles. The maximum absolute atomic E-state index is 13.6. The van der Waals surface area contributed by atoms with Gasteiger partial charge in [0, 0.05) is 18.7 Å². The molecule has 2 rings (SSSR count). The summed E-state index contributed by atoms with van der Waals surface area (Å²) in [4.78, 5) is 12.1. The van der Waals surface area contributed by atoms with E-state index in [1.54, 1.807) is 6.07 Å². The fourth-order valence-electron chi connectivity index (χ4n) is 3.07. The monoisotopic (exact) mass is 281 g/mol. The van der Waals surface area contributed by atoms with Gasteiger partial charge in [-0.3, -0.25) is 15.0 Å². The molecule has 0 bridgehead atoms. The number of nitrogens with two attached hydrogens (primary N) is 1. The van der Waals surface area contributed by atoms with E-state index in [0.29, 0.717) is 25.0 Å². The summed E-state index contributed by atoms with van der Waals surface area (Å²) >= 11 is 0. The predicted octanol–water partition coefficient (Wildman–Crippen LogP) is 2.29. The number of halogens is 1. The molecule has 0 amide bonds. The zero-order valence-corrected chi connectivity index (χ0v) is 11.6. The van der Waals surface area contributed by atoms with Crippen molar-refractivity contribution in [3.63, 3.8) is 0 Å². The lowest BCUT2D eigenvalue weighted by Crippen LogP contribution is -2.37. The van der Waals surface area contributed by atoms with Gasteiger partial charge in [-0.05, 0) is 44.0 Å². The van der Waals surface area contributed by atoms with E-state index in [-0.39, 0.29) is 0 Å². The Morgan fingerprint density at radius 3 is 2.85 bits per heavy atom. The summed E-state index contributed by atoms with van der Waals surface area (Å²) in [5.41, 5.74) is 6.04. The Bertz CT molecular complexity index is 495. The average molecular weight is 281 g/mol. The van der Waals surface area contributed by atoms with Gasteiger partial charge >= 0.3 is 5.69 Å². The van der Waals surface area contributed by atoms with Crippen LogP contribution in [0.2, 0.25) is 0 Å². The van der Waals surface area contributed by atoms with E-state index < -0.39 is 16.4 Å². The highest BCUT2D eigenvalue weighted by molar-refractivity contribution is 5.35. The molecule has 0 aliphatic heterocycles. The second kappa shape index (κ2) is 6.28. The minimum absolute atomic E-state index is 0.415. The van der Waals surface area contributed by atoms with Crippen molar-refractivity contribution < 1.29 is 9.31 Å². The van der Waals surface area contributed by atoms with Crippen LogP contribution < -0.4 is 5.73 Å². The van der Waals surface area contributed by atoms with Crippen LogP contribution in [0.4, 0.5) is 10.1 Å². The van der Waals surface area contributed by atoms with Gasteiger partial charge in [-0.15, -0.1) is 0 Å². The Kier molecular flexibility index (Phi) is 4.67. The van der Waals surface area contributed by atoms with Gasteiger partial charge < -0.3 is 5.73 Å². The van der Waals surface area contributed by atoms with Gasteiger partial charge in [0.2, 0.25) is 5.82 Å². The second-order valence-corrected chi connectivity index (χ2v) is 5.45. The van der Waals surface area contributed by atoms with Gasteiger partial charge in [0.05, 0.1) is 4.92 Å². The summed E-state index contributed by atoms with van der Waals surface area (Å²) in [6.07, 6.45) is 3.42. The van der Waals surface area contributed by atoms with Crippen molar-refractivity contribution in [1.82, 2.24) is 4.90 Å². The number of nitrogens with zero attached hydrogens (tertiary/aromatic N) is 2. The molecular formula is C14H20FN3O2. The summed E-state index contributed by atoms with van der Waals surface area (Å²) in [5, 5.41) is 10.6. The first kappa shape index (κ1) is 14.9. The second-order valence-electron chi connectivity index (χ2n) is 5.45. The normalized spacial score (nSPS) is 22.4. The van der Waals surface area contributed by atoms with Crippen LogP contribution in [0, 0.1) is 21.8 Å². The lowest BCUT2D eigenvalue weighted by Gasteiger charge is -2.29. The molecule has 1 aliphatic rings. The summed E-state index contributed by atoms with van der Waals surface area (Å²) in [6.45, 7) is 1.25. The largest absolute Gasteiger partial charge is 0.330 e. The SMILES string of the molecule is CN(Cc1ccc([N+](=O)[O-])c(F)c1)C1CCCC1CN. The molecule has 1 saturated carbocycles. The standard InChI is InChI=1S/C14H20FN3O2/c1-17(13-4-2-3-11(13)8-16)9-10-5-6-14(18(19)20)12(15)7-10/h5-7,11,13H,2-4,8-9,16H2,1H3. The Morgan fingerprint density at radius 2 is 2.25 bits per heavy atom. The first-order chi connectivity index (χ1) is 9.52. The van der Waals surface area contributed by atoms with Crippen LogP contribution in [0.25, 0.3) is 0 Å². The van der Waals surface area contributed by atoms with Crippen LogP contribution in [-0.2, 0) is 6.54 Å². The highest BCUT2D eigenvalue weighted by Crippen LogP contribution is 2.29. The fraction of sp³-hybridized carbons (Fsp3) is 0.571. The van der Waals surface area contributed by atoms with E-state index >= 15 is 0 Å². The van der Waals surface area contributed by atoms with E-state index in [4.69, 9.17) is 5.73 Å². The average Bonchev–Trinajstić information content (AvgIpc) is 2.86. The Labute approximate surface area is 117 Å². The fourth-order valence-corrected chi connectivity index (χ4v) is 3.07. The molecule has 2 N–H and O–H groups in total. The maximum atomic E-state index is 13.6. The predicted molar refractivity (Wildman–Crippen MR) is 74.7 cm³/mol. The lowest BCUT2D eigenvalue weighted by atomic mass is 10.0. The summed E-state index contributed by atoms with van der Waals surface area (Å²) < 4.78 is 13.6. The number of benzene rings is 1. The Hall–Kier alpha value is -1.53. The molecule has 0 saturated heterocycles. The first-order valence-electron chi connectivity index (χ1n) is 6.86. The van der Waals surface area contributed by atoms with Gasteiger partial charge in [-0.25, -0.2) is 0 Å². The van der Waals surface area contributed by atoms with E-state index in [9.17, 15) is 14.5 Å². The Morgan fingerprint density at radius 1 is 1.50 bits per heavy atom. The van der Waals surface area contributed by atoms with Crippen molar-refractivity contribution in [3.8, 4) is 0 Å². The van der Waals surface area contributed by atoms with Crippen molar-refractivity contribution in [2.45, 2.75) is 31.8 Å². The topological polar surface area (TPSA) is 72.4 Å². The molecule has 6 heteroatoms. The van der Waals surface area contributed by atoms with Crippen LogP contribution in [0.1, 0.15) is 24.8 Å². The molecule has 1 aliphatic carbocycles. The van der Waals surface area contributed by atoms with Gasteiger partial charge in [0.25, 0.3) is 0 Å². The van der Waals surface area contributed by atoms with Crippen molar-refractivity contribution in [2.75, 3.05) is 13.6 Å². The van der Waals surface area contributed by atoms with Gasteiger partial charge in [-0.1, -0.05) is 12.5 Å². The van der Waals surface area contributed by atoms with Gasteiger partial charge in [-0.2, -0.15) is 4.39 Å². The van der Waals surface area contributed by atoms with Gasteiger partial charge in [0.1, 0.15) is 0 Å². The molecule has 0 radical (unpaired) electrons. The molecule has 5 nitrogen and oxygen atoms in total. The van der Waals surface area contributed by atoms with Crippen LogP contribution in [-0.4, -0.2) is 29.5 Å². The van der Waals surface area contributed by atoms with Crippen LogP contribution in [0.15, 0.2) is 18.2 Å². The van der Waals surface area contributed by atoms with Crippen molar-refractivity contribution in [2.24, 2.45) is 11.7 Å². The molecule has 0 aromatic heterocycles. The van der Waals surface area contributed by atoms with Crippen molar-refractivity contribution in [3.05, 3.63) is 39.7 Å². The van der Waals surface area contributed by atoms with Crippen LogP contribution in [0.3, 0.4) is 0 Å². The number of hydrogen-bond donors (Lipinski definition) is 1. The van der Waals surface area contributed by atoms with E-state index in [1.807, 2.05) is 7.05 Å². The quantitative estimate of drug-likeness (QED) is 0.664. The number of rotatable bonds is 5. The van der Waals surface area contributed by atoms with Crippen LogP contribution >= 0.6 is 0 Å². The smallest absolute Gasteiger partial charge is 0.304 e. The van der Waals surface area contributed by atoms with Crippen LogP contribution in [0.5, 0.6) is 0 Å². The van der Waals surface area contributed by atoms with E-state index in [1.165, 1.54) is 18.6 Å². The Balaban J connectivity index is 2.06. The van der Waals surface area contributed by atoms with E-state index in [2.05, 4.69) is 4.90 Å².